The summed E-state index contributed by atoms with van der Waals surface area (Å²) in [5.41, 5.74) is 0. The predicted molar refractivity (Wildman–Crippen MR) is 67.9 cm³/mol. The number of aromatic nitrogens is 4. The summed E-state index contributed by atoms with van der Waals surface area (Å²) in [6.45, 7) is 0. The standard InChI is InChI=1S/C7H4Cl2N4S3/c1-14-6-12-13-7(16-6)15-3-2-4(8)10-11-5(3)9/h2H,1H3. The monoisotopic (exact) mass is 310 g/mol. The second kappa shape index (κ2) is 5.50. The maximum Gasteiger partial charge on any atom is 0.179 e. The molecule has 0 N–H and O–H groups in total. The average molecular weight is 311 g/mol. The molecular formula is C7H4Cl2N4S3. The van der Waals surface area contributed by atoms with Crippen LogP contribution in [0.3, 0.4) is 0 Å². The fourth-order valence-electron chi connectivity index (χ4n) is 0.824. The number of rotatable bonds is 3. The highest BCUT2D eigenvalue weighted by molar-refractivity contribution is 8.03. The summed E-state index contributed by atoms with van der Waals surface area (Å²) in [6.07, 6.45) is 1.95. The van der Waals surface area contributed by atoms with Crippen molar-refractivity contribution in [3.05, 3.63) is 16.4 Å². The van der Waals surface area contributed by atoms with E-state index < -0.39 is 0 Å². The average Bonchev–Trinajstić information content (AvgIpc) is 2.71. The van der Waals surface area contributed by atoms with Gasteiger partial charge in [0, 0.05) is 0 Å². The largest absolute Gasteiger partial charge is 0.179 e. The Morgan fingerprint density at radius 3 is 2.56 bits per heavy atom. The molecule has 0 radical (unpaired) electrons. The summed E-state index contributed by atoms with van der Waals surface area (Å²) in [7, 11) is 0. The van der Waals surface area contributed by atoms with Crippen molar-refractivity contribution in [3.63, 3.8) is 0 Å². The summed E-state index contributed by atoms with van der Waals surface area (Å²) in [4.78, 5) is 0.727. The number of halogens is 2. The molecular weight excluding hydrogens is 307 g/mol. The maximum atomic E-state index is 5.88. The smallest absolute Gasteiger partial charge is 0.137 e. The van der Waals surface area contributed by atoms with Gasteiger partial charge in [-0.1, -0.05) is 58.1 Å². The molecule has 2 aromatic heterocycles. The Kier molecular flexibility index (Phi) is 4.26. The van der Waals surface area contributed by atoms with Crippen LogP contribution in [0.25, 0.3) is 0 Å². The molecule has 2 rings (SSSR count). The molecule has 0 aromatic carbocycles. The van der Waals surface area contributed by atoms with Crippen LogP contribution >= 0.6 is 58.1 Å². The van der Waals surface area contributed by atoms with Crippen LogP contribution in [-0.4, -0.2) is 26.7 Å². The molecule has 9 heteroatoms. The molecule has 0 bridgehead atoms. The van der Waals surface area contributed by atoms with Gasteiger partial charge in [-0.15, -0.1) is 20.4 Å². The molecule has 0 unspecified atom stereocenters. The highest BCUT2D eigenvalue weighted by atomic mass is 35.5. The fourth-order valence-corrected chi connectivity index (χ4v) is 3.65. The lowest BCUT2D eigenvalue weighted by molar-refractivity contribution is 0.953. The Labute approximate surface area is 114 Å². The van der Waals surface area contributed by atoms with Gasteiger partial charge in [-0.25, -0.2) is 0 Å². The molecule has 16 heavy (non-hydrogen) atoms. The first-order valence-electron chi connectivity index (χ1n) is 3.93. The minimum Gasteiger partial charge on any atom is -0.137 e. The van der Waals surface area contributed by atoms with Crippen molar-refractivity contribution in [1.82, 2.24) is 20.4 Å². The lowest BCUT2D eigenvalue weighted by atomic mass is 10.6. The van der Waals surface area contributed by atoms with Crippen molar-refractivity contribution in [1.29, 1.82) is 0 Å². The van der Waals surface area contributed by atoms with E-state index in [9.17, 15) is 0 Å². The molecule has 0 saturated carbocycles. The minimum absolute atomic E-state index is 0.307. The Hall–Kier alpha value is -0.0800. The van der Waals surface area contributed by atoms with Gasteiger partial charge in [-0.2, -0.15) is 0 Å². The van der Waals surface area contributed by atoms with Gasteiger partial charge >= 0.3 is 0 Å². The summed E-state index contributed by atoms with van der Waals surface area (Å²) >= 11 is 16.0. The highest BCUT2D eigenvalue weighted by Crippen LogP contribution is 2.36. The number of hydrogen-bond acceptors (Lipinski definition) is 7. The van der Waals surface area contributed by atoms with Gasteiger partial charge in [0.05, 0.1) is 4.90 Å². The van der Waals surface area contributed by atoms with Crippen molar-refractivity contribution >= 4 is 58.1 Å². The third-order valence-electron chi connectivity index (χ3n) is 1.45. The number of thioether (sulfide) groups is 1. The number of nitrogens with zero attached hydrogens (tertiary/aromatic N) is 4. The van der Waals surface area contributed by atoms with Crippen LogP contribution in [0.1, 0.15) is 0 Å². The van der Waals surface area contributed by atoms with Crippen LogP contribution in [0, 0.1) is 0 Å². The molecule has 2 heterocycles. The van der Waals surface area contributed by atoms with Crippen LogP contribution < -0.4 is 0 Å². The topological polar surface area (TPSA) is 51.6 Å². The lowest BCUT2D eigenvalue weighted by Gasteiger charge is -1.98. The first-order valence-corrected chi connectivity index (χ1v) is 7.54. The first-order chi connectivity index (χ1) is 7.69. The Bertz CT molecular complexity index is 504. The van der Waals surface area contributed by atoms with Crippen LogP contribution in [0.2, 0.25) is 10.3 Å². The summed E-state index contributed by atoms with van der Waals surface area (Å²) < 4.78 is 1.71. The molecule has 0 amide bonds. The Morgan fingerprint density at radius 1 is 1.12 bits per heavy atom. The quantitative estimate of drug-likeness (QED) is 0.809. The molecule has 0 atom stereocenters. The van der Waals surface area contributed by atoms with Gasteiger partial charge in [-0.3, -0.25) is 0 Å². The molecule has 0 fully saturated rings. The zero-order valence-electron chi connectivity index (χ0n) is 7.85. The van der Waals surface area contributed by atoms with E-state index in [1.807, 2.05) is 6.26 Å². The summed E-state index contributed by atoms with van der Waals surface area (Å²) in [5, 5.41) is 16.0. The zero-order valence-corrected chi connectivity index (χ0v) is 11.8. The molecule has 0 aliphatic rings. The van der Waals surface area contributed by atoms with E-state index in [-0.39, 0.29) is 0 Å². The molecule has 0 aliphatic heterocycles. The van der Waals surface area contributed by atoms with Gasteiger partial charge in [-0.05, 0) is 12.3 Å². The van der Waals surface area contributed by atoms with E-state index >= 15 is 0 Å². The van der Waals surface area contributed by atoms with E-state index in [1.165, 1.54) is 23.1 Å². The third-order valence-corrected chi connectivity index (χ3v) is 5.00. The first kappa shape index (κ1) is 12.4. The van der Waals surface area contributed by atoms with E-state index in [2.05, 4.69) is 20.4 Å². The van der Waals surface area contributed by atoms with Crippen molar-refractivity contribution in [2.75, 3.05) is 6.26 Å². The van der Waals surface area contributed by atoms with Crippen molar-refractivity contribution in [2.24, 2.45) is 0 Å². The maximum absolute atomic E-state index is 5.88. The zero-order chi connectivity index (χ0) is 11.5. The van der Waals surface area contributed by atoms with Gasteiger partial charge in [0.2, 0.25) is 0 Å². The minimum atomic E-state index is 0.307. The molecule has 0 aliphatic carbocycles. The SMILES string of the molecule is CSc1nnc(Sc2cc(Cl)nnc2Cl)s1. The van der Waals surface area contributed by atoms with Gasteiger partial charge in [0.1, 0.15) is 0 Å². The molecule has 2 aromatic rings. The van der Waals surface area contributed by atoms with E-state index in [4.69, 9.17) is 23.2 Å². The van der Waals surface area contributed by atoms with E-state index in [1.54, 1.807) is 17.8 Å². The fraction of sp³-hybridized carbons (Fsp3) is 0.143. The van der Waals surface area contributed by atoms with Gasteiger partial charge in [0.25, 0.3) is 0 Å². The normalized spacial score (nSPS) is 10.7. The van der Waals surface area contributed by atoms with Crippen LogP contribution in [0.5, 0.6) is 0 Å². The van der Waals surface area contributed by atoms with Crippen molar-refractivity contribution in [3.8, 4) is 0 Å². The summed E-state index contributed by atoms with van der Waals surface area (Å²) in [5.74, 6) is 0. The molecule has 0 spiro atoms. The van der Waals surface area contributed by atoms with Crippen LogP contribution in [0.4, 0.5) is 0 Å². The van der Waals surface area contributed by atoms with Crippen LogP contribution in [-0.2, 0) is 0 Å². The lowest BCUT2D eigenvalue weighted by Crippen LogP contribution is -1.85. The second-order valence-electron chi connectivity index (χ2n) is 2.46. The Balaban J connectivity index is 2.22. The molecule has 0 saturated heterocycles. The molecule has 84 valence electrons. The third kappa shape index (κ3) is 2.98. The summed E-state index contributed by atoms with van der Waals surface area (Å²) in [6, 6.07) is 1.65. The van der Waals surface area contributed by atoms with Crippen molar-refractivity contribution in [2.45, 2.75) is 13.6 Å². The van der Waals surface area contributed by atoms with E-state index in [0.717, 1.165) is 13.6 Å². The van der Waals surface area contributed by atoms with Gasteiger partial charge < -0.3 is 0 Å². The van der Waals surface area contributed by atoms with Gasteiger partial charge in [0.15, 0.2) is 19.0 Å². The second-order valence-corrected chi connectivity index (χ2v) is 6.53. The van der Waals surface area contributed by atoms with Crippen LogP contribution in [0.15, 0.2) is 19.6 Å². The van der Waals surface area contributed by atoms with Crippen molar-refractivity contribution < 1.29 is 0 Å². The Morgan fingerprint density at radius 2 is 1.88 bits per heavy atom. The predicted octanol–water partition coefficient (Wildman–Crippen LogP) is 3.51. The van der Waals surface area contributed by atoms with E-state index in [0.29, 0.717) is 10.3 Å². The molecule has 4 nitrogen and oxygen atoms in total. The highest BCUT2D eigenvalue weighted by Gasteiger charge is 2.10. The number of hydrogen-bond donors (Lipinski definition) is 0.